The van der Waals surface area contributed by atoms with E-state index < -0.39 is 0 Å². The first-order chi connectivity index (χ1) is 10.2. The molecular weight excluding hydrogens is 266 g/mol. The van der Waals surface area contributed by atoms with Gasteiger partial charge in [-0.05, 0) is 50.0 Å². The molecule has 0 aliphatic heterocycles. The highest BCUT2D eigenvalue weighted by Crippen LogP contribution is 2.49. The van der Waals surface area contributed by atoms with Gasteiger partial charge >= 0.3 is 0 Å². The van der Waals surface area contributed by atoms with Crippen molar-refractivity contribution in [2.45, 2.75) is 38.6 Å². The van der Waals surface area contributed by atoms with E-state index in [-0.39, 0.29) is 17.8 Å². The van der Waals surface area contributed by atoms with Gasteiger partial charge in [-0.25, -0.2) is 9.50 Å². The van der Waals surface area contributed by atoms with E-state index in [0.29, 0.717) is 11.7 Å². The van der Waals surface area contributed by atoms with Gasteiger partial charge in [-0.2, -0.15) is 4.98 Å². The first-order valence-electron chi connectivity index (χ1n) is 7.69. The Morgan fingerprint density at radius 1 is 1.43 bits per heavy atom. The van der Waals surface area contributed by atoms with Crippen molar-refractivity contribution in [2.75, 3.05) is 0 Å². The summed E-state index contributed by atoms with van der Waals surface area (Å²) in [6.07, 6.45) is 8.69. The fourth-order valence-corrected chi connectivity index (χ4v) is 4.11. The van der Waals surface area contributed by atoms with Gasteiger partial charge < -0.3 is 5.32 Å². The molecular formula is C15H19N5O. The van der Waals surface area contributed by atoms with Crippen LogP contribution in [0.2, 0.25) is 0 Å². The smallest absolute Gasteiger partial charge is 0.291 e. The van der Waals surface area contributed by atoms with E-state index in [4.69, 9.17) is 0 Å². The van der Waals surface area contributed by atoms with Crippen LogP contribution in [0, 0.1) is 17.8 Å². The minimum absolute atomic E-state index is 0.187. The van der Waals surface area contributed by atoms with Gasteiger partial charge in [-0.1, -0.05) is 6.42 Å². The maximum atomic E-state index is 12.3. The van der Waals surface area contributed by atoms with Crippen LogP contribution in [0.5, 0.6) is 0 Å². The molecule has 1 amide bonds. The van der Waals surface area contributed by atoms with Crippen molar-refractivity contribution in [2.24, 2.45) is 17.8 Å². The van der Waals surface area contributed by atoms with E-state index >= 15 is 0 Å². The third-order valence-electron chi connectivity index (χ3n) is 5.11. The van der Waals surface area contributed by atoms with E-state index in [2.05, 4.69) is 27.3 Å². The van der Waals surface area contributed by atoms with Crippen LogP contribution in [0.1, 0.15) is 43.2 Å². The summed E-state index contributed by atoms with van der Waals surface area (Å²) in [5, 5.41) is 7.25. The Labute approximate surface area is 123 Å². The van der Waals surface area contributed by atoms with Crippen LogP contribution in [-0.4, -0.2) is 31.5 Å². The zero-order valence-electron chi connectivity index (χ0n) is 12.1. The van der Waals surface area contributed by atoms with Crippen molar-refractivity contribution < 1.29 is 4.79 Å². The molecule has 2 aromatic rings. The molecule has 2 heterocycles. The first kappa shape index (κ1) is 12.7. The maximum absolute atomic E-state index is 12.3. The number of fused-ring (bicyclic) bond motifs is 3. The topological polar surface area (TPSA) is 72.2 Å². The molecule has 21 heavy (non-hydrogen) atoms. The average molecular weight is 285 g/mol. The number of amides is 1. The molecule has 0 saturated heterocycles. The highest BCUT2D eigenvalue weighted by atomic mass is 16.2. The summed E-state index contributed by atoms with van der Waals surface area (Å²) in [7, 11) is 0. The number of nitrogens with one attached hydrogen (secondary N) is 1. The number of hydrogen-bond acceptors (Lipinski definition) is 4. The van der Waals surface area contributed by atoms with Crippen LogP contribution < -0.4 is 5.32 Å². The number of nitrogens with zero attached hydrogens (tertiary/aromatic N) is 4. The van der Waals surface area contributed by atoms with Crippen LogP contribution in [0.15, 0.2) is 18.5 Å². The van der Waals surface area contributed by atoms with Gasteiger partial charge in [-0.3, -0.25) is 4.79 Å². The van der Waals surface area contributed by atoms with Crippen molar-refractivity contribution in [1.29, 1.82) is 0 Å². The molecule has 2 aromatic heterocycles. The molecule has 1 N–H and O–H groups in total. The maximum Gasteiger partial charge on any atom is 0.291 e. The summed E-state index contributed by atoms with van der Waals surface area (Å²) < 4.78 is 1.52. The fourth-order valence-electron chi connectivity index (χ4n) is 4.11. The molecule has 0 radical (unpaired) electrons. The lowest BCUT2D eigenvalue weighted by molar-refractivity contribution is 0.0905. The molecule has 2 saturated carbocycles. The molecule has 0 spiro atoms. The Morgan fingerprint density at radius 2 is 2.33 bits per heavy atom. The Morgan fingerprint density at radius 3 is 3.05 bits per heavy atom. The van der Waals surface area contributed by atoms with Crippen molar-refractivity contribution >= 4 is 11.7 Å². The number of hydrogen-bond donors (Lipinski definition) is 1. The Hall–Kier alpha value is -1.98. The average Bonchev–Trinajstić information content (AvgIpc) is 3.21. The Bertz CT molecular complexity index is 649. The summed E-state index contributed by atoms with van der Waals surface area (Å²) in [6, 6.07) is 1.95. The molecule has 2 bridgehead atoms. The summed E-state index contributed by atoms with van der Waals surface area (Å²) in [4.78, 5) is 20.6. The third kappa shape index (κ3) is 2.18. The van der Waals surface area contributed by atoms with Crippen molar-refractivity contribution in [1.82, 2.24) is 24.9 Å². The standard InChI is InChI=1S/C15H19N5O/c1-9(12-8-10-3-4-11(12)7-10)17-14(21)13-18-15-16-5-2-6-20(15)19-13/h2,5-6,9-12H,3-4,7-8H2,1H3,(H,17,21). The molecule has 2 fully saturated rings. The quantitative estimate of drug-likeness (QED) is 0.931. The van der Waals surface area contributed by atoms with Crippen LogP contribution in [0.25, 0.3) is 5.78 Å². The monoisotopic (exact) mass is 285 g/mol. The largest absolute Gasteiger partial charge is 0.347 e. The van der Waals surface area contributed by atoms with Crippen LogP contribution in [0.3, 0.4) is 0 Å². The molecule has 110 valence electrons. The van der Waals surface area contributed by atoms with E-state index in [1.54, 1.807) is 18.5 Å². The predicted octanol–water partition coefficient (Wildman–Crippen LogP) is 1.68. The molecule has 6 heteroatoms. The van der Waals surface area contributed by atoms with Crippen molar-refractivity contribution in [3.8, 4) is 0 Å². The summed E-state index contributed by atoms with van der Waals surface area (Å²) in [6.45, 7) is 2.11. The number of rotatable bonds is 3. The zero-order valence-corrected chi connectivity index (χ0v) is 12.1. The number of aromatic nitrogens is 4. The lowest BCUT2D eigenvalue weighted by Gasteiger charge is -2.28. The molecule has 6 nitrogen and oxygen atoms in total. The summed E-state index contributed by atoms with van der Waals surface area (Å²) >= 11 is 0. The van der Waals surface area contributed by atoms with Gasteiger partial charge in [0.15, 0.2) is 0 Å². The van der Waals surface area contributed by atoms with E-state index in [1.165, 1.54) is 30.2 Å². The van der Waals surface area contributed by atoms with Gasteiger partial charge in [-0.15, -0.1) is 5.10 Å². The van der Waals surface area contributed by atoms with Crippen LogP contribution >= 0.6 is 0 Å². The highest BCUT2D eigenvalue weighted by Gasteiger charge is 2.42. The third-order valence-corrected chi connectivity index (χ3v) is 5.11. The number of carbonyl (C=O) groups excluding carboxylic acids is 1. The van der Waals surface area contributed by atoms with Gasteiger partial charge in [0.2, 0.25) is 5.82 Å². The van der Waals surface area contributed by atoms with E-state index in [9.17, 15) is 4.79 Å². The van der Waals surface area contributed by atoms with Crippen molar-refractivity contribution in [3.63, 3.8) is 0 Å². The van der Waals surface area contributed by atoms with E-state index in [1.807, 2.05) is 0 Å². The molecule has 0 aromatic carbocycles. The molecule has 2 aliphatic carbocycles. The minimum atomic E-state index is -0.198. The lowest BCUT2D eigenvalue weighted by atomic mass is 9.84. The van der Waals surface area contributed by atoms with E-state index in [0.717, 1.165) is 11.8 Å². The first-order valence-corrected chi connectivity index (χ1v) is 7.69. The van der Waals surface area contributed by atoms with Gasteiger partial charge in [0.05, 0.1) is 0 Å². The summed E-state index contributed by atoms with van der Waals surface area (Å²) in [5.74, 6) is 2.75. The lowest BCUT2D eigenvalue weighted by Crippen LogP contribution is -2.40. The van der Waals surface area contributed by atoms with Crippen LogP contribution in [0.4, 0.5) is 0 Å². The molecule has 4 atom stereocenters. The van der Waals surface area contributed by atoms with Crippen LogP contribution in [-0.2, 0) is 0 Å². The minimum Gasteiger partial charge on any atom is -0.347 e. The van der Waals surface area contributed by atoms with Gasteiger partial charge in [0.25, 0.3) is 11.7 Å². The normalized spacial score (nSPS) is 28.9. The molecule has 2 aliphatic rings. The second-order valence-electron chi connectivity index (χ2n) is 6.40. The van der Waals surface area contributed by atoms with Gasteiger partial charge in [0, 0.05) is 18.4 Å². The van der Waals surface area contributed by atoms with Gasteiger partial charge in [0.1, 0.15) is 0 Å². The molecule has 4 unspecified atom stereocenters. The predicted molar refractivity (Wildman–Crippen MR) is 76.6 cm³/mol. The second kappa shape index (κ2) is 4.79. The Kier molecular flexibility index (Phi) is 2.90. The zero-order chi connectivity index (χ0) is 14.4. The fraction of sp³-hybridized carbons (Fsp3) is 0.600. The summed E-state index contributed by atoms with van der Waals surface area (Å²) in [5.41, 5.74) is 0. The Balaban J connectivity index is 1.47. The van der Waals surface area contributed by atoms with Crippen molar-refractivity contribution in [3.05, 3.63) is 24.3 Å². The molecule has 4 rings (SSSR count). The second-order valence-corrected chi connectivity index (χ2v) is 6.40. The highest BCUT2D eigenvalue weighted by molar-refractivity contribution is 5.91. The number of carbonyl (C=O) groups is 1. The SMILES string of the molecule is CC(NC(=O)c1nc2ncccn2n1)C1CC2CCC1C2.